The molecule has 0 bridgehead atoms. The maximum atomic E-state index is 12.9. The highest BCUT2D eigenvalue weighted by molar-refractivity contribution is 5.89. The molecular formula is C21H16F3N7O. The van der Waals surface area contributed by atoms with Crippen molar-refractivity contribution in [3.8, 4) is 22.3 Å². The highest BCUT2D eigenvalue weighted by Gasteiger charge is 2.32. The summed E-state index contributed by atoms with van der Waals surface area (Å²) in [7, 11) is 0. The summed E-state index contributed by atoms with van der Waals surface area (Å²) in [5, 5.41) is 6.90. The van der Waals surface area contributed by atoms with Gasteiger partial charge in [0.2, 0.25) is 5.91 Å². The normalized spacial score (nSPS) is 11.4. The van der Waals surface area contributed by atoms with E-state index in [2.05, 4.69) is 30.4 Å². The Morgan fingerprint density at radius 2 is 1.81 bits per heavy atom. The third kappa shape index (κ3) is 4.77. The van der Waals surface area contributed by atoms with Crippen molar-refractivity contribution in [3.05, 3.63) is 73.0 Å². The first-order chi connectivity index (χ1) is 15.3. The van der Waals surface area contributed by atoms with Gasteiger partial charge in [0.1, 0.15) is 24.4 Å². The number of nitrogens with zero attached hydrogens (tertiary/aromatic N) is 6. The Morgan fingerprint density at radius 1 is 1.03 bits per heavy atom. The smallest absolute Gasteiger partial charge is 0.309 e. The van der Waals surface area contributed by atoms with Gasteiger partial charge in [0.25, 0.3) is 0 Å². The number of aryl methyl sites for hydroxylation is 1. The van der Waals surface area contributed by atoms with E-state index < -0.39 is 11.9 Å². The first-order valence-corrected chi connectivity index (χ1v) is 9.38. The van der Waals surface area contributed by atoms with Crippen LogP contribution in [0.25, 0.3) is 22.3 Å². The third-order valence-electron chi connectivity index (χ3n) is 4.54. The molecule has 0 spiro atoms. The molecule has 1 N–H and O–H groups in total. The van der Waals surface area contributed by atoms with E-state index >= 15 is 0 Å². The van der Waals surface area contributed by atoms with Gasteiger partial charge in [-0.15, -0.1) is 0 Å². The van der Waals surface area contributed by atoms with Crippen LogP contribution in [0.2, 0.25) is 0 Å². The quantitative estimate of drug-likeness (QED) is 0.508. The number of hydrogen-bond acceptors (Lipinski definition) is 6. The van der Waals surface area contributed by atoms with Crippen LogP contribution in [0.3, 0.4) is 0 Å². The zero-order valence-corrected chi connectivity index (χ0v) is 16.7. The summed E-state index contributed by atoms with van der Waals surface area (Å²) in [4.78, 5) is 27.9. The molecule has 4 aromatic rings. The Morgan fingerprint density at radius 3 is 2.50 bits per heavy atom. The van der Waals surface area contributed by atoms with E-state index in [-0.39, 0.29) is 12.5 Å². The number of hydrogen-bond donors (Lipinski definition) is 1. The van der Waals surface area contributed by atoms with E-state index in [1.54, 1.807) is 37.6 Å². The average molecular weight is 439 g/mol. The molecule has 4 heterocycles. The molecule has 8 nitrogen and oxygen atoms in total. The van der Waals surface area contributed by atoms with Gasteiger partial charge in [0, 0.05) is 47.7 Å². The standard InChI is InChI=1S/C21H16F3N7O/c1-13-17(14-4-5-27-18(6-14)21(22,23)24)10-31(30-13)11-20(32)29-19-3-2-15(9-28-19)16-7-25-12-26-8-16/h2-10,12H,11H2,1H3,(H,28,29,32). The van der Waals surface area contributed by atoms with Gasteiger partial charge in [-0.2, -0.15) is 18.3 Å². The van der Waals surface area contributed by atoms with Crippen LogP contribution in [-0.2, 0) is 17.5 Å². The minimum Gasteiger partial charge on any atom is -0.309 e. The third-order valence-corrected chi connectivity index (χ3v) is 4.54. The van der Waals surface area contributed by atoms with Crippen LogP contribution in [0, 0.1) is 6.92 Å². The van der Waals surface area contributed by atoms with Crippen LogP contribution < -0.4 is 5.32 Å². The molecule has 0 saturated heterocycles. The monoisotopic (exact) mass is 439 g/mol. The Bertz CT molecular complexity index is 1240. The van der Waals surface area contributed by atoms with Crippen LogP contribution in [0.5, 0.6) is 0 Å². The maximum Gasteiger partial charge on any atom is 0.433 e. The van der Waals surface area contributed by atoms with Gasteiger partial charge in [0.05, 0.1) is 5.69 Å². The van der Waals surface area contributed by atoms with E-state index in [1.165, 1.54) is 23.3 Å². The number of anilines is 1. The summed E-state index contributed by atoms with van der Waals surface area (Å²) >= 11 is 0. The molecule has 1 amide bonds. The second-order valence-corrected chi connectivity index (χ2v) is 6.86. The number of halogens is 3. The molecule has 0 aromatic carbocycles. The van der Waals surface area contributed by atoms with Gasteiger partial charge >= 0.3 is 6.18 Å². The molecule has 162 valence electrons. The van der Waals surface area contributed by atoms with Gasteiger partial charge in [-0.25, -0.2) is 15.0 Å². The van der Waals surface area contributed by atoms with Crippen molar-refractivity contribution in [2.75, 3.05) is 5.32 Å². The molecule has 0 saturated carbocycles. The Balaban J connectivity index is 1.45. The zero-order valence-electron chi connectivity index (χ0n) is 16.7. The predicted octanol–water partition coefficient (Wildman–Crippen LogP) is 3.76. The van der Waals surface area contributed by atoms with Crippen LogP contribution in [0.1, 0.15) is 11.4 Å². The lowest BCUT2D eigenvalue weighted by Gasteiger charge is -2.07. The van der Waals surface area contributed by atoms with E-state index in [4.69, 9.17) is 0 Å². The topological polar surface area (TPSA) is 98.5 Å². The fraction of sp³-hybridized carbons (Fsp3) is 0.143. The average Bonchev–Trinajstić information content (AvgIpc) is 3.14. The second kappa shape index (κ2) is 8.53. The van der Waals surface area contributed by atoms with Gasteiger partial charge in [0.15, 0.2) is 0 Å². The molecule has 4 rings (SSSR count). The van der Waals surface area contributed by atoms with Gasteiger partial charge in [-0.3, -0.25) is 14.5 Å². The van der Waals surface area contributed by atoms with Crippen LogP contribution in [0.4, 0.5) is 19.0 Å². The highest BCUT2D eigenvalue weighted by atomic mass is 19.4. The van der Waals surface area contributed by atoms with Crippen LogP contribution >= 0.6 is 0 Å². The summed E-state index contributed by atoms with van der Waals surface area (Å²) in [6.07, 6.45) is 4.40. The fourth-order valence-electron chi connectivity index (χ4n) is 3.05. The minimum atomic E-state index is -4.55. The summed E-state index contributed by atoms with van der Waals surface area (Å²) < 4.78 is 40.2. The Hall–Kier alpha value is -4.15. The van der Waals surface area contributed by atoms with Crippen molar-refractivity contribution < 1.29 is 18.0 Å². The van der Waals surface area contributed by atoms with E-state index in [0.29, 0.717) is 22.6 Å². The summed E-state index contributed by atoms with van der Waals surface area (Å²) in [6.45, 7) is 1.53. The first kappa shape index (κ1) is 21.1. The number of nitrogens with one attached hydrogen (secondary N) is 1. The molecule has 0 atom stereocenters. The van der Waals surface area contributed by atoms with E-state index in [1.807, 2.05) is 0 Å². The van der Waals surface area contributed by atoms with Crippen molar-refractivity contribution in [1.82, 2.24) is 29.7 Å². The Labute approximate surface area is 180 Å². The van der Waals surface area contributed by atoms with Gasteiger partial charge in [-0.05, 0) is 36.8 Å². The van der Waals surface area contributed by atoms with Crippen molar-refractivity contribution in [1.29, 1.82) is 0 Å². The predicted molar refractivity (Wildman–Crippen MR) is 109 cm³/mol. The van der Waals surface area contributed by atoms with Gasteiger partial charge < -0.3 is 5.32 Å². The maximum absolute atomic E-state index is 12.9. The largest absolute Gasteiger partial charge is 0.433 e. The van der Waals surface area contributed by atoms with Crippen LogP contribution in [-0.4, -0.2) is 35.6 Å². The highest BCUT2D eigenvalue weighted by Crippen LogP contribution is 2.31. The number of carbonyl (C=O) groups excluding carboxylic acids is 1. The molecule has 11 heteroatoms. The molecule has 0 fully saturated rings. The SMILES string of the molecule is Cc1nn(CC(=O)Nc2ccc(-c3cncnc3)cn2)cc1-c1ccnc(C(F)(F)F)c1. The van der Waals surface area contributed by atoms with E-state index in [0.717, 1.165) is 23.4 Å². The summed E-state index contributed by atoms with van der Waals surface area (Å²) in [5.74, 6) is -0.0308. The second-order valence-electron chi connectivity index (χ2n) is 6.86. The molecule has 0 aliphatic carbocycles. The fourth-order valence-corrected chi connectivity index (χ4v) is 3.05. The number of aromatic nitrogens is 6. The lowest BCUT2D eigenvalue weighted by Crippen LogP contribution is -2.19. The molecule has 0 aliphatic rings. The molecular weight excluding hydrogens is 423 g/mol. The number of pyridine rings is 2. The van der Waals surface area contributed by atoms with Crippen molar-refractivity contribution >= 4 is 11.7 Å². The first-order valence-electron chi connectivity index (χ1n) is 9.38. The minimum absolute atomic E-state index is 0.131. The molecule has 0 radical (unpaired) electrons. The number of alkyl halides is 3. The number of carbonyl (C=O) groups is 1. The number of amides is 1. The lowest BCUT2D eigenvalue weighted by molar-refractivity contribution is -0.141. The molecule has 0 aliphatic heterocycles. The molecule has 4 aromatic heterocycles. The van der Waals surface area contributed by atoms with Crippen LogP contribution in [0.15, 0.2) is 61.6 Å². The number of rotatable bonds is 5. The molecule has 0 unspecified atom stereocenters. The van der Waals surface area contributed by atoms with Gasteiger partial charge in [-0.1, -0.05) is 0 Å². The van der Waals surface area contributed by atoms with Crippen molar-refractivity contribution in [3.63, 3.8) is 0 Å². The zero-order chi connectivity index (χ0) is 22.7. The van der Waals surface area contributed by atoms with Crippen molar-refractivity contribution in [2.24, 2.45) is 0 Å². The lowest BCUT2D eigenvalue weighted by atomic mass is 10.1. The summed E-state index contributed by atoms with van der Waals surface area (Å²) in [5.41, 5.74) is 1.90. The molecule has 32 heavy (non-hydrogen) atoms. The Kier molecular flexibility index (Phi) is 5.63. The van der Waals surface area contributed by atoms with Crippen molar-refractivity contribution in [2.45, 2.75) is 19.6 Å². The summed E-state index contributed by atoms with van der Waals surface area (Å²) in [6, 6.07) is 5.85. The van der Waals surface area contributed by atoms with E-state index in [9.17, 15) is 18.0 Å².